The highest BCUT2D eigenvalue weighted by atomic mass is 19.4. The predicted molar refractivity (Wildman–Crippen MR) is 188 cm³/mol. The van der Waals surface area contributed by atoms with Crippen molar-refractivity contribution in [3.05, 3.63) is 95.6 Å². The van der Waals surface area contributed by atoms with E-state index in [1.54, 1.807) is 7.11 Å². The minimum absolute atomic E-state index is 0.0661. The van der Waals surface area contributed by atoms with Gasteiger partial charge in [0, 0.05) is 31.5 Å². The van der Waals surface area contributed by atoms with Crippen LogP contribution in [0.15, 0.2) is 78.9 Å². The van der Waals surface area contributed by atoms with Crippen molar-refractivity contribution in [2.45, 2.75) is 108 Å². The Balaban J connectivity index is 1.15. The molecule has 0 aromatic heterocycles. The van der Waals surface area contributed by atoms with Gasteiger partial charge < -0.3 is 18.9 Å². The number of carbonyl (C=O) groups is 1. The Labute approximate surface area is 295 Å². The minimum atomic E-state index is -4.23. The Hall–Kier alpha value is -3.56. The molecule has 0 amide bonds. The van der Waals surface area contributed by atoms with Gasteiger partial charge in [-0.25, -0.2) is 0 Å². The van der Waals surface area contributed by atoms with Crippen LogP contribution < -0.4 is 9.47 Å². The Morgan fingerprint density at radius 2 is 1.56 bits per heavy atom. The van der Waals surface area contributed by atoms with Gasteiger partial charge in [-0.2, -0.15) is 13.2 Å². The molecule has 0 radical (unpaired) electrons. The molecule has 1 saturated heterocycles. The van der Waals surface area contributed by atoms with Crippen molar-refractivity contribution in [2.24, 2.45) is 5.92 Å². The molecule has 3 aromatic carbocycles. The highest BCUT2D eigenvalue weighted by molar-refractivity contribution is 5.69. The molecule has 1 saturated carbocycles. The number of carbonyl (C=O) groups excluding carboxylic acids is 1. The van der Waals surface area contributed by atoms with Gasteiger partial charge in [-0.15, -0.1) is 0 Å². The lowest BCUT2D eigenvalue weighted by molar-refractivity contribution is -0.146. The molecule has 1 atom stereocenters. The maximum Gasteiger partial charge on any atom is 0.390 e. The molecule has 2 aliphatic rings. The van der Waals surface area contributed by atoms with Gasteiger partial charge in [0.15, 0.2) is 0 Å². The van der Waals surface area contributed by atoms with Crippen LogP contribution in [-0.4, -0.2) is 55.6 Å². The normalized spacial score (nSPS) is 22.2. The van der Waals surface area contributed by atoms with E-state index in [1.165, 1.54) is 5.56 Å². The number of halogens is 3. The molecule has 0 spiro atoms. The van der Waals surface area contributed by atoms with Gasteiger partial charge in [0.05, 0.1) is 25.2 Å². The second kappa shape index (κ2) is 17.1. The number of ether oxygens (including phenoxy) is 4. The Morgan fingerprint density at radius 3 is 2.20 bits per heavy atom. The fraction of sp³-hybridized carbons (Fsp3) is 0.537. The molecule has 5 rings (SSSR count). The van der Waals surface area contributed by atoms with E-state index in [-0.39, 0.29) is 29.6 Å². The average Bonchev–Trinajstić information content (AvgIpc) is 3.10. The van der Waals surface area contributed by atoms with Crippen LogP contribution in [0.3, 0.4) is 0 Å². The number of nitrogens with zero attached hydrogens (tertiary/aromatic N) is 1. The molecule has 1 unspecified atom stereocenters. The van der Waals surface area contributed by atoms with Crippen LogP contribution in [0, 0.1) is 5.92 Å². The number of rotatable bonds is 15. The summed E-state index contributed by atoms with van der Waals surface area (Å²) in [6.07, 6.45) is 1.24. The van der Waals surface area contributed by atoms with Gasteiger partial charge in [-0.1, -0.05) is 54.6 Å². The van der Waals surface area contributed by atoms with E-state index in [2.05, 4.69) is 26.0 Å². The molecular formula is C41H52F3NO5. The lowest BCUT2D eigenvalue weighted by Gasteiger charge is -2.46. The lowest BCUT2D eigenvalue weighted by atomic mass is 9.67. The standard InChI is InChI=1S/C41H52F3NO5/c1-39(2)30-40(23-26-49-39,34-13-19-35(47-3)20-14-34)21-24-45(25-22-41(42,43)44)28-32-11-17-37(18-12-32)50-36-15-9-31(10-16-36)27-38(46)48-29-33-7-5-4-6-8-33/h4-8,11-14,17-20,31,36H,9-10,15-16,21-30H2,1-3H3/t31-,36-,40?. The Bertz CT molecular complexity index is 1470. The van der Waals surface area contributed by atoms with Crippen molar-refractivity contribution in [3.8, 4) is 11.5 Å². The van der Waals surface area contributed by atoms with Gasteiger partial charge in [0.25, 0.3) is 0 Å². The van der Waals surface area contributed by atoms with Crippen LogP contribution in [0.4, 0.5) is 13.2 Å². The van der Waals surface area contributed by atoms with Gasteiger partial charge in [-0.3, -0.25) is 9.69 Å². The fourth-order valence-electron chi connectivity index (χ4n) is 7.56. The van der Waals surface area contributed by atoms with Crippen LogP contribution in [-0.2, 0) is 32.8 Å². The number of benzene rings is 3. The maximum atomic E-state index is 13.4. The van der Waals surface area contributed by atoms with Crippen LogP contribution >= 0.6 is 0 Å². The van der Waals surface area contributed by atoms with Crippen molar-refractivity contribution in [3.63, 3.8) is 0 Å². The first-order chi connectivity index (χ1) is 23.9. The number of hydrogen-bond donors (Lipinski definition) is 0. The summed E-state index contributed by atoms with van der Waals surface area (Å²) in [7, 11) is 1.64. The maximum absolute atomic E-state index is 13.4. The van der Waals surface area contributed by atoms with Crippen molar-refractivity contribution < 1.29 is 36.9 Å². The molecule has 9 heteroatoms. The van der Waals surface area contributed by atoms with Gasteiger partial charge in [-0.05, 0) is 112 Å². The Kier molecular flexibility index (Phi) is 12.9. The zero-order valence-corrected chi connectivity index (χ0v) is 29.7. The summed E-state index contributed by atoms with van der Waals surface area (Å²) in [5, 5.41) is 0. The lowest BCUT2D eigenvalue weighted by Crippen LogP contribution is -2.45. The number of esters is 1. The monoisotopic (exact) mass is 695 g/mol. The summed E-state index contributed by atoms with van der Waals surface area (Å²) in [5.74, 6) is 1.66. The van der Waals surface area contributed by atoms with Crippen molar-refractivity contribution >= 4 is 5.97 Å². The van der Waals surface area contributed by atoms with E-state index in [9.17, 15) is 18.0 Å². The highest BCUT2D eigenvalue weighted by Gasteiger charge is 2.42. The van der Waals surface area contributed by atoms with Crippen LogP contribution in [0.5, 0.6) is 11.5 Å². The molecule has 0 bridgehead atoms. The molecule has 1 aliphatic heterocycles. The number of alkyl halides is 3. The van der Waals surface area contributed by atoms with E-state index in [1.807, 2.05) is 71.6 Å². The molecule has 1 aliphatic carbocycles. The largest absolute Gasteiger partial charge is 0.497 e. The molecule has 1 heterocycles. The van der Waals surface area contributed by atoms with Crippen LogP contribution in [0.1, 0.15) is 88.3 Å². The van der Waals surface area contributed by atoms with Gasteiger partial charge in [0.2, 0.25) is 0 Å². The molecule has 2 fully saturated rings. The summed E-state index contributed by atoms with van der Waals surface area (Å²) in [6.45, 7) is 5.96. The first-order valence-electron chi connectivity index (χ1n) is 17.9. The quantitative estimate of drug-likeness (QED) is 0.148. The summed E-state index contributed by atoms with van der Waals surface area (Å²) in [5.41, 5.74) is 2.55. The number of methoxy groups -OCH3 is 1. The van der Waals surface area contributed by atoms with Crippen molar-refractivity contribution in [2.75, 3.05) is 26.8 Å². The van der Waals surface area contributed by atoms with E-state index in [0.29, 0.717) is 38.6 Å². The second-order valence-electron chi connectivity index (χ2n) is 14.7. The third kappa shape index (κ3) is 11.5. The summed E-state index contributed by atoms with van der Waals surface area (Å²) < 4.78 is 63.5. The summed E-state index contributed by atoms with van der Waals surface area (Å²) in [6, 6.07) is 25.5. The SMILES string of the molecule is COc1ccc(C2(CCN(CCC(F)(F)F)Cc3ccc(O[C@H]4CC[C@H](CC(=O)OCc5ccccc5)CC4)cc3)CCOC(C)(C)C2)cc1. The summed E-state index contributed by atoms with van der Waals surface area (Å²) in [4.78, 5) is 14.3. The highest BCUT2D eigenvalue weighted by Crippen LogP contribution is 2.44. The molecule has 6 nitrogen and oxygen atoms in total. The third-order valence-electron chi connectivity index (χ3n) is 10.3. The first kappa shape index (κ1) is 37.7. The topological polar surface area (TPSA) is 57.2 Å². The molecule has 272 valence electrons. The van der Waals surface area contributed by atoms with Crippen LogP contribution in [0.2, 0.25) is 0 Å². The third-order valence-corrected chi connectivity index (χ3v) is 10.3. The summed E-state index contributed by atoms with van der Waals surface area (Å²) >= 11 is 0. The smallest absolute Gasteiger partial charge is 0.390 e. The Morgan fingerprint density at radius 1 is 0.880 bits per heavy atom. The van der Waals surface area contributed by atoms with E-state index < -0.39 is 12.6 Å². The van der Waals surface area contributed by atoms with Gasteiger partial charge in [0.1, 0.15) is 18.1 Å². The molecule has 0 N–H and O–H groups in total. The van der Waals surface area contributed by atoms with Crippen LogP contribution in [0.25, 0.3) is 0 Å². The predicted octanol–water partition coefficient (Wildman–Crippen LogP) is 9.44. The fourth-order valence-corrected chi connectivity index (χ4v) is 7.56. The second-order valence-corrected chi connectivity index (χ2v) is 14.7. The zero-order valence-electron chi connectivity index (χ0n) is 29.7. The van der Waals surface area contributed by atoms with Crippen molar-refractivity contribution in [1.29, 1.82) is 0 Å². The molecule has 3 aromatic rings. The zero-order chi connectivity index (χ0) is 35.6. The van der Waals surface area contributed by atoms with E-state index in [4.69, 9.17) is 18.9 Å². The average molecular weight is 696 g/mol. The van der Waals surface area contributed by atoms with Gasteiger partial charge >= 0.3 is 12.1 Å². The van der Waals surface area contributed by atoms with Crippen molar-refractivity contribution in [1.82, 2.24) is 4.90 Å². The molecular weight excluding hydrogens is 643 g/mol. The number of hydrogen-bond acceptors (Lipinski definition) is 6. The van der Waals surface area contributed by atoms with E-state index >= 15 is 0 Å². The first-order valence-corrected chi connectivity index (χ1v) is 17.9. The molecule has 50 heavy (non-hydrogen) atoms. The van der Waals surface area contributed by atoms with E-state index in [0.717, 1.165) is 67.6 Å². The minimum Gasteiger partial charge on any atom is -0.497 e.